The normalized spacial score (nSPS) is 19.6. The smallest absolute Gasteiger partial charge is 0.306 e. The zero-order chi connectivity index (χ0) is 54.7. The van der Waals surface area contributed by atoms with Crippen LogP contribution in [-0.4, -0.2) is 99.6 Å². The zero-order valence-corrected chi connectivity index (χ0v) is 48.2. The Balaban J connectivity index is 2.68. The molecule has 1 heterocycles. The van der Waals surface area contributed by atoms with Crippen LogP contribution in [0, 0.1) is 0 Å². The first kappa shape index (κ1) is 70.4. The van der Waals surface area contributed by atoms with Crippen LogP contribution in [0.1, 0.15) is 271 Å². The van der Waals surface area contributed by atoms with Crippen molar-refractivity contribution in [3.63, 3.8) is 0 Å². The van der Waals surface area contributed by atoms with Crippen LogP contribution >= 0.6 is 0 Å². The lowest BCUT2D eigenvalue weighted by molar-refractivity contribution is -0.305. The maximum Gasteiger partial charge on any atom is 0.306 e. The van der Waals surface area contributed by atoms with Crippen molar-refractivity contribution in [3.8, 4) is 0 Å². The molecular formula is C64H115NO10. The number of hydrogen-bond donors (Lipinski definition) is 6. The number of carbonyl (C=O) groups excluding carboxylic acids is 2. The minimum Gasteiger partial charge on any atom is -0.454 e. The molecule has 6 N–H and O–H groups in total. The Labute approximate surface area is 458 Å². The largest absolute Gasteiger partial charge is 0.454 e. The highest BCUT2D eigenvalue weighted by molar-refractivity contribution is 5.80. The van der Waals surface area contributed by atoms with Gasteiger partial charge >= 0.3 is 5.97 Å². The van der Waals surface area contributed by atoms with Crippen molar-refractivity contribution >= 4 is 11.9 Å². The van der Waals surface area contributed by atoms with E-state index >= 15 is 0 Å². The zero-order valence-electron chi connectivity index (χ0n) is 48.2. The molecule has 11 nitrogen and oxygen atoms in total. The Kier molecular flexibility index (Phi) is 48.9. The summed E-state index contributed by atoms with van der Waals surface area (Å²) >= 11 is 0. The highest BCUT2D eigenvalue weighted by Gasteiger charge is 2.47. The maximum atomic E-state index is 13.4. The van der Waals surface area contributed by atoms with Gasteiger partial charge in [-0.05, 0) is 70.6 Å². The molecule has 1 aliphatic heterocycles. The average Bonchev–Trinajstić information content (AvgIpc) is 3.41. The molecule has 1 fully saturated rings. The summed E-state index contributed by atoms with van der Waals surface area (Å²) in [6.07, 6.45) is 54.1. The van der Waals surface area contributed by atoms with Crippen molar-refractivity contribution in [2.45, 2.75) is 320 Å². The standard InChI is InChI=1S/C64H115NO10/c1-4-7-10-13-16-19-22-25-26-27-28-29-30-31-34-36-39-42-45-48-51-57(68)63(72)65-55(56(67)50-47-44-41-38-35-32-23-20-17-14-11-8-5-2)54-73-64-62(61(71)60(70)58(53-66)74-64)75-59(69)52-49-46-43-40-37-33-24-21-18-15-12-9-6-3/h9,12,15,18,21,24-26,47,50,55-58,60-62,64,66-68,70-71H,4-8,10-11,13-14,16-17,19-20,22-23,27-46,48-49,51-54H2,1-3H3,(H,65,72)/b12-9+,18-15+,24-21-,26-25+,50-47+. The van der Waals surface area contributed by atoms with Crippen LogP contribution in [0.25, 0.3) is 0 Å². The predicted molar refractivity (Wildman–Crippen MR) is 310 cm³/mol. The highest BCUT2D eigenvalue weighted by Crippen LogP contribution is 2.26. The van der Waals surface area contributed by atoms with Crippen molar-refractivity contribution in [1.29, 1.82) is 0 Å². The lowest BCUT2D eigenvalue weighted by atomic mass is 9.99. The molecular weight excluding hydrogens is 943 g/mol. The maximum absolute atomic E-state index is 13.4. The Morgan fingerprint density at radius 3 is 1.47 bits per heavy atom. The average molecular weight is 1060 g/mol. The molecule has 0 aromatic carbocycles. The first-order valence-corrected chi connectivity index (χ1v) is 31.1. The molecule has 0 bridgehead atoms. The number of allylic oxidation sites excluding steroid dienone is 9. The van der Waals surface area contributed by atoms with E-state index in [-0.39, 0.29) is 19.4 Å². The molecule has 436 valence electrons. The molecule has 0 saturated carbocycles. The van der Waals surface area contributed by atoms with E-state index in [1.807, 2.05) is 24.3 Å². The topological polar surface area (TPSA) is 175 Å². The van der Waals surface area contributed by atoms with Gasteiger partial charge in [-0.25, -0.2) is 0 Å². The van der Waals surface area contributed by atoms with Gasteiger partial charge in [0.2, 0.25) is 5.91 Å². The van der Waals surface area contributed by atoms with Crippen molar-refractivity contribution in [3.05, 3.63) is 60.8 Å². The number of rotatable bonds is 52. The summed E-state index contributed by atoms with van der Waals surface area (Å²) in [5.74, 6) is -1.21. The number of esters is 1. The molecule has 8 atom stereocenters. The van der Waals surface area contributed by atoms with Crippen LogP contribution in [0.15, 0.2) is 60.8 Å². The molecule has 0 aliphatic carbocycles. The van der Waals surface area contributed by atoms with Gasteiger partial charge in [0.15, 0.2) is 12.4 Å². The Hall–Kier alpha value is -2.64. The SMILES string of the molecule is CC/C=C/C=C/C=C\CCCCCCCC(=O)OC1C(OCC(NC(=O)C(O)CCCCCCCCCCCC/C=C/CCCCCCCC)C(O)/C=C/CCCCCCCCCCCCC)OC(CO)C(O)C1O. The number of aliphatic hydroxyl groups excluding tert-OH is 5. The van der Waals surface area contributed by atoms with E-state index in [0.717, 1.165) is 77.0 Å². The summed E-state index contributed by atoms with van der Waals surface area (Å²) in [6, 6.07) is -1.03. The van der Waals surface area contributed by atoms with E-state index < -0.39 is 67.4 Å². The third-order valence-electron chi connectivity index (χ3n) is 14.5. The molecule has 1 saturated heterocycles. The molecule has 1 rings (SSSR count). The van der Waals surface area contributed by atoms with Gasteiger partial charge in [0.05, 0.1) is 25.4 Å². The summed E-state index contributed by atoms with van der Waals surface area (Å²) in [7, 11) is 0. The van der Waals surface area contributed by atoms with Crippen LogP contribution in [0.3, 0.4) is 0 Å². The number of nitrogens with one attached hydrogen (secondary N) is 1. The first-order chi connectivity index (χ1) is 36.7. The second-order valence-corrected chi connectivity index (χ2v) is 21.5. The van der Waals surface area contributed by atoms with Crippen molar-refractivity contribution in [2.75, 3.05) is 13.2 Å². The molecule has 0 radical (unpaired) electrons. The summed E-state index contributed by atoms with van der Waals surface area (Å²) in [4.78, 5) is 26.5. The Morgan fingerprint density at radius 1 is 0.533 bits per heavy atom. The Morgan fingerprint density at radius 2 is 0.973 bits per heavy atom. The van der Waals surface area contributed by atoms with E-state index in [9.17, 15) is 35.1 Å². The second-order valence-electron chi connectivity index (χ2n) is 21.5. The van der Waals surface area contributed by atoms with Crippen LogP contribution < -0.4 is 5.32 Å². The molecule has 0 spiro atoms. The quantitative estimate of drug-likeness (QED) is 0.0149. The second kappa shape index (κ2) is 52.1. The monoisotopic (exact) mass is 1060 g/mol. The van der Waals surface area contributed by atoms with E-state index in [1.165, 1.54) is 148 Å². The highest BCUT2D eigenvalue weighted by atomic mass is 16.7. The summed E-state index contributed by atoms with van der Waals surface area (Å²) in [5, 5.41) is 57.0. The summed E-state index contributed by atoms with van der Waals surface area (Å²) in [6.45, 7) is 5.65. The van der Waals surface area contributed by atoms with Gasteiger partial charge in [-0.3, -0.25) is 9.59 Å². The van der Waals surface area contributed by atoms with Gasteiger partial charge in [-0.1, -0.05) is 255 Å². The van der Waals surface area contributed by atoms with E-state index in [4.69, 9.17) is 14.2 Å². The van der Waals surface area contributed by atoms with Crippen LogP contribution in [0.4, 0.5) is 0 Å². The van der Waals surface area contributed by atoms with Crippen LogP contribution in [-0.2, 0) is 23.8 Å². The molecule has 1 amide bonds. The number of hydrogen-bond acceptors (Lipinski definition) is 10. The van der Waals surface area contributed by atoms with Crippen molar-refractivity contribution < 1.29 is 49.3 Å². The fourth-order valence-corrected chi connectivity index (χ4v) is 9.53. The van der Waals surface area contributed by atoms with Gasteiger partial charge in [-0.2, -0.15) is 0 Å². The summed E-state index contributed by atoms with van der Waals surface area (Å²) in [5.41, 5.74) is 0. The fraction of sp³-hybridized carbons (Fsp3) is 0.812. The van der Waals surface area contributed by atoms with Crippen LogP contribution in [0.5, 0.6) is 0 Å². The number of amides is 1. The number of carbonyl (C=O) groups is 2. The van der Waals surface area contributed by atoms with Crippen LogP contribution in [0.2, 0.25) is 0 Å². The van der Waals surface area contributed by atoms with Gasteiger partial charge in [0.25, 0.3) is 0 Å². The lowest BCUT2D eigenvalue weighted by Crippen LogP contribution is -2.61. The minimum absolute atomic E-state index is 0.0997. The summed E-state index contributed by atoms with van der Waals surface area (Å²) < 4.78 is 17.6. The van der Waals surface area contributed by atoms with E-state index in [1.54, 1.807) is 6.08 Å². The van der Waals surface area contributed by atoms with E-state index in [0.29, 0.717) is 12.8 Å². The molecule has 0 aromatic rings. The number of unbranched alkanes of at least 4 members (excludes halogenated alkanes) is 32. The first-order valence-electron chi connectivity index (χ1n) is 31.1. The van der Waals surface area contributed by atoms with Gasteiger partial charge in [-0.15, -0.1) is 0 Å². The molecule has 0 aromatic heterocycles. The van der Waals surface area contributed by atoms with Crippen molar-refractivity contribution in [2.24, 2.45) is 0 Å². The van der Waals surface area contributed by atoms with E-state index in [2.05, 4.69) is 56.5 Å². The molecule has 11 heteroatoms. The third-order valence-corrected chi connectivity index (χ3v) is 14.5. The van der Waals surface area contributed by atoms with Gasteiger partial charge in [0, 0.05) is 6.42 Å². The predicted octanol–water partition coefficient (Wildman–Crippen LogP) is 14.6. The Bertz CT molecular complexity index is 1450. The minimum atomic E-state index is -1.62. The number of ether oxygens (including phenoxy) is 3. The van der Waals surface area contributed by atoms with Crippen molar-refractivity contribution in [1.82, 2.24) is 5.32 Å². The molecule has 75 heavy (non-hydrogen) atoms. The fourth-order valence-electron chi connectivity index (χ4n) is 9.53. The third kappa shape index (κ3) is 40.2. The van der Waals surface area contributed by atoms with Gasteiger partial charge < -0.3 is 45.1 Å². The molecule has 8 unspecified atom stereocenters. The molecule has 1 aliphatic rings. The number of aliphatic hydroxyl groups is 5. The lowest BCUT2D eigenvalue weighted by Gasteiger charge is -2.41. The van der Waals surface area contributed by atoms with Gasteiger partial charge in [0.1, 0.15) is 24.4 Å².